The van der Waals surface area contributed by atoms with Gasteiger partial charge in [-0.05, 0) is 32.0 Å². The Morgan fingerprint density at radius 2 is 1.95 bits per heavy atom. The van der Waals surface area contributed by atoms with E-state index in [0.717, 1.165) is 6.07 Å². The van der Waals surface area contributed by atoms with Crippen molar-refractivity contribution < 1.29 is 27.8 Å². The fourth-order valence-electron chi connectivity index (χ4n) is 1.65. The van der Waals surface area contributed by atoms with Crippen molar-refractivity contribution in [3.8, 4) is 5.75 Å². The number of alkyl halides is 3. The standard InChI is InChI=1S/C14H20F3NO3/c1-10(2)20-7-5-18-13-4-3-11(21-8-6-19)9-12(13)14(15,16)17/h3-4,9-10,18-19H,5-8H2,1-2H3. The molecule has 1 aromatic carbocycles. The van der Waals surface area contributed by atoms with Crippen molar-refractivity contribution in [1.82, 2.24) is 0 Å². The van der Waals surface area contributed by atoms with Crippen molar-refractivity contribution in [1.29, 1.82) is 0 Å². The summed E-state index contributed by atoms with van der Waals surface area (Å²) in [5.74, 6) is 0.0698. The number of anilines is 1. The predicted octanol–water partition coefficient (Wildman–Crippen LogP) is 2.91. The number of aliphatic hydroxyl groups is 1. The highest BCUT2D eigenvalue weighted by atomic mass is 19.4. The minimum Gasteiger partial charge on any atom is -0.491 e. The molecule has 0 heterocycles. The molecule has 0 atom stereocenters. The number of hydrogen-bond acceptors (Lipinski definition) is 4. The number of benzene rings is 1. The molecule has 0 aliphatic heterocycles. The highest BCUT2D eigenvalue weighted by Crippen LogP contribution is 2.37. The highest BCUT2D eigenvalue weighted by Gasteiger charge is 2.34. The SMILES string of the molecule is CC(C)OCCNc1ccc(OCCO)cc1C(F)(F)F. The van der Waals surface area contributed by atoms with Crippen LogP contribution in [0.2, 0.25) is 0 Å². The van der Waals surface area contributed by atoms with E-state index in [1.165, 1.54) is 12.1 Å². The number of nitrogens with one attached hydrogen (secondary N) is 1. The smallest absolute Gasteiger partial charge is 0.418 e. The molecule has 7 heteroatoms. The monoisotopic (exact) mass is 307 g/mol. The van der Waals surface area contributed by atoms with Crippen LogP contribution in [0.4, 0.5) is 18.9 Å². The average Bonchev–Trinajstić information content (AvgIpc) is 2.40. The van der Waals surface area contributed by atoms with Gasteiger partial charge in [-0.15, -0.1) is 0 Å². The van der Waals surface area contributed by atoms with Crippen LogP contribution in [0.5, 0.6) is 5.75 Å². The summed E-state index contributed by atoms with van der Waals surface area (Å²) in [6, 6.07) is 3.66. The highest BCUT2D eigenvalue weighted by molar-refractivity contribution is 5.55. The number of halogens is 3. The van der Waals surface area contributed by atoms with E-state index in [4.69, 9.17) is 14.6 Å². The van der Waals surface area contributed by atoms with Gasteiger partial charge in [0.25, 0.3) is 0 Å². The molecule has 0 fully saturated rings. The molecule has 0 spiro atoms. The summed E-state index contributed by atoms with van der Waals surface area (Å²) in [6.45, 7) is 4.00. The van der Waals surface area contributed by atoms with Crippen molar-refractivity contribution in [3.63, 3.8) is 0 Å². The molecule has 120 valence electrons. The maximum absolute atomic E-state index is 13.0. The Kier molecular flexibility index (Phi) is 6.77. The van der Waals surface area contributed by atoms with Crippen molar-refractivity contribution in [2.75, 3.05) is 31.7 Å². The summed E-state index contributed by atoms with van der Waals surface area (Å²) >= 11 is 0. The Hall–Kier alpha value is -1.47. The predicted molar refractivity (Wildman–Crippen MR) is 73.6 cm³/mol. The van der Waals surface area contributed by atoms with Gasteiger partial charge in [0.1, 0.15) is 12.4 Å². The zero-order chi connectivity index (χ0) is 15.9. The summed E-state index contributed by atoms with van der Waals surface area (Å²) in [6.07, 6.45) is -4.46. The summed E-state index contributed by atoms with van der Waals surface area (Å²) in [7, 11) is 0. The topological polar surface area (TPSA) is 50.7 Å². The fourth-order valence-corrected chi connectivity index (χ4v) is 1.65. The van der Waals surface area contributed by atoms with E-state index < -0.39 is 11.7 Å². The van der Waals surface area contributed by atoms with E-state index in [-0.39, 0.29) is 37.3 Å². The lowest BCUT2D eigenvalue weighted by molar-refractivity contribution is -0.137. The molecular formula is C14H20F3NO3. The first-order valence-corrected chi connectivity index (χ1v) is 6.65. The zero-order valence-electron chi connectivity index (χ0n) is 12.0. The van der Waals surface area contributed by atoms with Crippen LogP contribution < -0.4 is 10.1 Å². The van der Waals surface area contributed by atoms with Gasteiger partial charge in [-0.25, -0.2) is 0 Å². The van der Waals surface area contributed by atoms with Crippen LogP contribution >= 0.6 is 0 Å². The van der Waals surface area contributed by atoms with Crippen LogP contribution in [0.25, 0.3) is 0 Å². The zero-order valence-corrected chi connectivity index (χ0v) is 12.0. The van der Waals surface area contributed by atoms with Gasteiger partial charge in [-0.2, -0.15) is 13.2 Å². The molecule has 1 aromatic rings. The molecular weight excluding hydrogens is 287 g/mol. The fraction of sp³-hybridized carbons (Fsp3) is 0.571. The van der Waals surface area contributed by atoms with Crippen LogP contribution in [-0.4, -0.2) is 37.6 Å². The van der Waals surface area contributed by atoms with Gasteiger partial charge in [0.15, 0.2) is 0 Å². The van der Waals surface area contributed by atoms with Crippen LogP contribution in [0, 0.1) is 0 Å². The molecule has 0 radical (unpaired) electrons. The summed E-state index contributed by atoms with van der Waals surface area (Å²) in [5.41, 5.74) is -0.825. The lowest BCUT2D eigenvalue weighted by Gasteiger charge is -2.16. The second-order valence-corrected chi connectivity index (χ2v) is 4.62. The molecule has 0 saturated carbocycles. The van der Waals surface area contributed by atoms with Gasteiger partial charge in [0, 0.05) is 12.2 Å². The maximum Gasteiger partial charge on any atom is 0.418 e. The Balaban J connectivity index is 2.77. The largest absolute Gasteiger partial charge is 0.491 e. The van der Waals surface area contributed by atoms with Crippen LogP contribution in [-0.2, 0) is 10.9 Å². The van der Waals surface area contributed by atoms with Gasteiger partial charge < -0.3 is 19.9 Å². The normalized spacial score (nSPS) is 11.8. The number of rotatable bonds is 8. The van der Waals surface area contributed by atoms with E-state index in [1.54, 1.807) is 0 Å². The van der Waals surface area contributed by atoms with Gasteiger partial charge in [0.2, 0.25) is 0 Å². The third-order valence-corrected chi connectivity index (χ3v) is 2.53. The molecule has 4 nitrogen and oxygen atoms in total. The molecule has 1 rings (SSSR count). The molecule has 0 saturated heterocycles. The van der Waals surface area contributed by atoms with Crippen LogP contribution in [0.15, 0.2) is 18.2 Å². The number of hydrogen-bond donors (Lipinski definition) is 2. The van der Waals surface area contributed by atoms with Crippen molar-refractivity contribution in [3.05, 3.63) is 23.8 Å². The van der Waals surface area contributed by atoms with Crippen LogP contribution in [0.3, 0.4) is 0 Å². The molecule has 2 N–H and O–H groups in total. The summed E-state index contributed by atoms with van der Waals surface area (Å²) in [5, 5.41) is 11.3. The Labute approximate surface area is 121 Å². The van der Waals surface area contributed by atoms with Gasteiger partial charge in [0.05, 0.1) is 24.9 Å². The average molecular weight is 307 g/mol. The van der Waals surface area contributed by atoms with E-state index in [0.29, 0.717) is 6.61 Å². The minimum absolute atomic E-state index is 0.0220. The van der Waals surface area contributed by atoms with Crippen molar-refractivity contribution in [2.24, 2.45) is 0 Å². The second-order valence-electron chi connectivity index (χ2n) is 4.62. The number of ether oxygens (including phenoxy) is 2. The van der Waals surface area contributed by atoms with E-state index in [2.05, 4.69) is 5.32 Å². The van der Waals surface area contributed by atoms with E-state index >= 15 is 0 Å². The van der Waals surface area contributed by atoms with Crippen molar-refractivity contribution in [2.45, 2.75) is 26.1 Å². The molecule has 0 unspecified atom stereocenters. The third-order valence-electron chi connectivity index (χ3n) is 2.53. The maximum atomic E-state index is 13.0. The van der Waals surface area contributed by atoms with E-state index in [1.807, 2.05) is 13.8 Å². The minimum atomic E-state index is -4.49. The first kappa shape index (κ1) is 17.6. The third kappa shape index (κ3) is 6.22. The molecule has 0 bridgehead atoms. The molecule has 0 aliphatic rings. The lowest BCUT2D eigenvalue weighted by Crippen LogP contribution is -2.16. The van der Waals surface area contributed by atoms with E-state index in [9.17, 15) is 13.2 Å². The van der Waals surface area contributed by atoms with Gasteiger partial charge in [-0.1, -0.05) is 0 Å². The molecule has 0 aromatic heterocycles. The van der Waals surface area contributed by atoms with Gasteiger partial charge >= 0.3 is 6.18 Å². The molecule has 0 aliphatic carbocycles. The first-order chi connectivity index (χ1) is 9.84. The van der Waals surface area contributed by atoms with Gasteiger partial charge in [-0.3, -0.25) is 0 Å². The lowest BCUT2D eigenvalue weighted by atomic mass is 10.1. The Bertz CT molecular complexity index is 436. The van der Waals surface area contributed by atoms with Crippen molar-refractivity contribution >= 4 is 5.69 Å². The molecule has 21 heavy (non-hydrogen) atoms. The first-order valence-electron chi connectivity index (χ1n) is 6.65. The molecule has 0 amide bonds. The Morgan fingerprint density at radius 3 is 2.52 bits per heavy atom. The summed E-state index contributed by atoms with van der Waals surface area (Å²) < 4.78 is 49.3. The Morgan fingerprint density at radius 1 is 1.24 bits per heavy atom. The quantitative estimate of drug-likeness (QED) is 0.725. The second kappa shape index (κ2) is 8.09. The number of aliphatic hydroxyl groups excluding tert-OH is 1. The van der Waals surface area contributed by atoms with Crippen LogP contribution in [0.1, 0.15) is 19.4 Å². The summed E-state index contributed by atoms with van der Waals surface area (Å²) in [4.78, 5) is 0.